The Balaban J connectivity index is 2.57. The van der Waals surface area contributed by atoms with Gasteiger partial charge in [0.15, 0.2) is 0 Å². The molecule has 0 fully saturated rings. The quantitative estimate of drug-likeness (QED) is 0.751. The normalized spacial score (nSPS) is 11.8. The fourth-order valence-electron chi connectivity index (χ4n) is 1.29. The van der Waals surface area contributed by atoms with Gasteiger partial charge in [0, 0.05) is 10.9 Å². The molecule has 0 spiro atoms. The third-order valence-corrected chi connectivity index (χ3v) is 3.52. The highest BCUT2D eigenvalue weighted by Gasteiger charge is 2.33. The van der Waals surface area contributed by atoms with Crippen molar-refractivity contribution in [1.82, 2.24) is 4.98 Å². The Morgan fingerprint density at radius 3 is 2.44 bits per heavy atom. The van der Waals surface area contributed by atoms with E-state index in [-0.39, 0.29) is 5.56 Å². The van der Waals surface area contributed by atoms with Crippen molar-refractivity contribution in [3.05, 3.63) is 39.8 Å². The third-order valence-electron chi connectivity index (χ3n) is 1.94. The van der Waals surface area contributed by atoms with Crippen LogP contribution in [0.3, 0.4) is 0 Å². The molecule has 84 valence electrons. The van der Waals surface area contributed by atoms with E-state index in [0.717, 1.165) is 6.07 Å². The van der Waals surface area contributed by atoms with Crippen molar-refractivity contribution in [3.63, 3.8) is 0 Å². The number of halogens is 4. The highest BCUT2D eigenvalue weighted by atomic mass is 79.9. The van der Waals surface area contributed by atoms with Crippen LogP contribution in [-0.2, 0) is 6.18 Å². The van der Waals surface area contributed by atoms with Crippen LogP contribution in [0.15, 0.2) is 34.2 Å². The van der Waals surface area contributed by atoms with Crippen LogP contribution in [0.5, 0.6) is 0 Å². The van der Waals surface area contributed by atoms with Gasteiger partial charge in [-0.15, -0.1) is 11.3 Å². The Kier molecular flexibility index (Phi) is 3.03. The molecule has 16 heavy (non-hydrogen) atoms. The molecule has 0 amide bonds. The van der Waals surface area contributed by atoms with E-state index in [2.05, 4.69) is 20.9 Å². The number of hydrogen-bond acceptors (Lipinski definition) is 2. The predicted molar refractivity (Wildman–Crippen MR) is 60.3 cm³/mol. The molecule has 6 heteroatoms. The van der Waals surface area contributed by atoms with E-state index in [1.54, 1.807) is 11.4 Å². The molecule has 0 radical (unpaired) electrons. The largest absolute Gasteiger partial charge is 0.417 e. The zero-order valence-corrected chi connectivity index (χ0v) is 10.2. The Labute approximate surface area is 102 Å². The molecular weight excluding hydrogens is 303 g/mol. The number of nitrogens with zero attached hydrogens (tertiary/aromatic N) is 1. The zero-order chi connectivity index (χ0) is 11.8. The third kappa shape index (κ3) is 2.27. The van der Waals surface area contributed by atoms with Crippen molar-refractivity contribution in [2.24, 2.45) is 0 Å². The highest BCUT2D eigenvalue weighted by molar-refractivity contribution is 9.10. The molecule has 1 aromatic carbocycles. The molecule has 0 unspecified atom stereocenters. The van der Waals surface area contributed by atoms with Crippen molar-refractivity contribution >= 4 is 27.3 Å². The molecule has 0 saturated carbocycles. The molecule has 0 aliphatic heterocycles. The van der Waals surface area contributed by atoms with Crippen LogP contribution in [0.4, 0.5) is 13.2 Å². The molecule has 0 atom stereocenters. The van der Waals surface area contributed by atoms with Crippen LogP contribution >= 0.6 is 27.3 Å². The van der Waals surface area contributed by atoms with Crippen LogP contribution in [-0.4, -0.2) is 4.98 Å². The van der Waals surface area contributed by atoms with Gasteiger partial charge in [-0.1, -0.05) is 18.2 Å². The molecule has 1 heterocycles. The Hall–Kier alpha value is -0.880. The summed E-state index contributed by atoms with van der Waals surface area (Å²) in [5.41, 5.74) is -0.539. The fourth-order valence-corrected chi connectivity index (χ4v) is 2.59. The van der Waals surface area contributed by atoms with Crippen molar-refractivity contribution in [3.8, 4) is 10.6 Å². The standard InChI is InChI=1S/C10H5BrF3NS/c11-8-5-16-9(15-8)6-3-1-2-4-7(6)10(12,13)14/h1-5H. The first-order valence-corrected chi connectivity index (χ1v) is 5.93. The minimum absolute atomic E-state index is 0.116. The summed E-state index contributed by atoms with van der Waals surface area (Å²) in [5.74, 6) is 0. The number of thiazole rings is 1. The van der Waals surface area contributed by atoms with Crippen LogP contribution in [0.25, 0.3) is 10.6 Å². The summed E-state index contributed by atoms with van der Waals surface area (Å²) in [4.78, 5) is 3.99. The number of aromatic nitrogens is 1. The molecular formula is C10H5BrF3NS. The molecule has 2 aromatic rings. The molecule has 0 aliphatic rings. The molecule has 1 nitrogen and oxygen atoms in total. The van der Waals surface area contributed by atoms with Gasteiger partial charge in [-0.25, -0.2) is 4.98 Å². The van der Waals surface area contributed by atoms with E-state index in [9.17, 15) is 13.2 Å². The maximum absolute atomic E-state index is 12.7. The summed E-state index contributed by atoms with van der Waals surface area (Å²) < 4.78 is 38.7. The summed E-state index contributed by atoms with van der Waals surface area (Å²) in [5, 5.41) is 2.02. The number of rotatable bonds is 1. The second kappa shape index (κ2) is 4.18. The van der Waals surface area contributed by atoms with E-state index < -0.39 is 11.7 Å². The van der Waals surface area contributed by atoms with Gasteiger partial charge in [-0.2, -0.15) is 13.2 Å². The summed E-state index contributed by atoms with van der Waals surface area (Å²) in [6.07, 6.45) is -4.35. The van der Waals surface area contributed by atoms with Gasteiger partial charge in [0.25, 0.3) is 0 Å². The molecule has 2 rings (SSSR count). The van der Waals surface area contributed by atoms with Gasteiger partial charge in [-0.3, -0.25) is 0 Å². The van der Waals surface area contributed by atoms with E-state index in [1.165, 1.54) is 23.5 Å². The Bertz CT molecular complexity index is 507. The van der Waals surface area contributed by atoms with Gasteiger partial charge in [0.1, 0.15) is 9.61 Å². The second-order valence-electron chi connectivity index (χ2n) is 3.02. The van der Waals surface area contributed by atoms with Crippen LogP contribution in [0.1, 0.15) is 5.56 Å². The summed E-state index contributed by atoms with van der Waals surface area (Å²) in [6.45, 7) is 0. The van der Waals surface area contributed by atoms with Gasteiger partial charge in [0.2, 0.25) is 0 Å². The lowest BCUT2D eigenvalue weighted by Gasteiger charge is -2.10. The minimum Gasteiger partial charge on any atom is -0.229 e. The smallest absolute Gasteiger partial charge is 0.229 e. The number of hydrogen-bond donors (Lipinski definition) is 0. The average Bonchev–Trinajstić information content (AvgIpc) is 2.64. The number of alkyl halides is 3. The Morgan fingerprint density at radius 2 is 1.88 bits per heavy atom. The van der Waals surface area contributed by atoms with Gasteiger partial charge >= 0.3 is 6.18 Å². The second-order valence-corrected chi connectivity index (χ2v) is 4.69. The van der Waals surface area contributed by atoms with Crippen molar-refractivity contribution in [2.75, 3.05) is 0 Å². The lowest BCUT2D eigenvalue weighted by atomic mass is 10.1. The summed E-state index contributed by atoms with van der Waals surface area (Å²) >= 11 is 4.30. The summed E-state index contributed by atoms with van der Waals surface area (Å²) in [6, 6.07) is 5.42. The fraction of sp³-hybridized carbons (Fsp3) is 0.100. The maximum Gasteiger partial charge on any atom is 0.417 e. The molecule has 0 saturated heterocycles. The first kappa shape index (κ1) is 11.6. The van der Waals surface area contributed by atoms with Gasteiger partial charge in [-0.05, 0) is 22.0 Å². The van der Waals surface area contributed by atoms with Crippen molar-refractivity contribution in [2.45, 2.75) is 6.18 Å². The first-order valence-electron chi connectivity index (χ1n) is 4.26. The zero-order valence-electron chi connectivity index (χ0n) is 7.75. The minimum atomic E-state index is -4.35. The summed E-state index contributed by atoms with van der Waals surface area (Å²) in [7, 11) is 0. The van der Waals surface area contributed by atoms with Crippen molar-refractivity contribution < 1.29 is 13.2 Å². The topological polar surface area (TPSA) is 12.9 Å². The first-order chi connectivity index (χ1) is 7.48. The maximum atomic E-state index is 12.7. The lowest BCUT2D eigenvalue weighted by Crippen LogP contribution is -2.06. The molecule has 1 aromatic heterocycles. The SMILES string of the molecule is FC(F)(F)c1ccccc1-c1nc(Br)cs1. The predicted octanol–water partition coefficient (Wildman–Crippen LogP) is 4.59. The molecule has 0 bridgehead atoms. The molecule has 0 N–H and O–H groups in total. The highest BCUT2D eigenvalue weighted by Crippen LogP contribution is 2.38. The number of benzene rings is 1. The Morgan fingerprint density at radius 1 is 1.19 bits per heavy atom. The van der Waals surface area contributed by atoms with Crippen LogP contribution in [0, 0.1) is 0 Å². The van der Waals surface area contributed by atoms with Crippen molar-refractivity contribution in [1.29, 1.82) is 0 Å². The van der Waals surface area contributed by atoms with E-state index in [0.29, 0.717) is 9.61 Å². The van der Waals surface area contributed by atoms with Crippen LogP contribution < -0.4 is 0 Å². The van der Waals surface area contributed by atoms with E-state index >= 15 is 0 Å². The van der Waals surface area contributed by atoms with Gasteiger partial charge < -0.3 is 0 Å². The van der Waals surface area contributed by atoms with E-state index in [1.807, 2.05) is 0 Å². The molecule has 0 aliphatic carbocycles. The average molecular weight is 308 g/mol. The van der Waals surface area contributed by atoms with E-state index in [4.69, 9.17) is 0 Å². The van der Waals surface area contributed by atoms with Gasteiger partial charge in [0.05, 0.1) is 5.56 Å². The lowest BCUT2D eigenvalue weighted by molar-refractivity contribution is -0.137. The monoisotopic (exact) mass is 307 g/mol. The van der Waals surface area contributed by atoms with Crippen LogP contribution in [0.2, 0.25) is 0 Å².